The first-order valence-corrected chi connectivity index (χ1v) is 10.6. The number of benzene rings is 3. The van der Waals surface area contributed by atoms with Gasteiger partial charge in [-0.15, -0.1) is 0 Å². The molecule has 2 amide bonds. The maximum Gasteiger partial charge on any atom is 0.254 e. The molecule has 2 heterocycles. The molecule has 0 bridgehead atoms. The van der Waals surface area contributed by atoms with Crippen LogP contribution in [0.1, 0.15) is 33.5 Å². The van der Waals surface area contributed by atoms with E-state index in [1.807, 2.05) is 77.7 Å². The Morgan fingerprint density at radius 1 is 0.935 bits per heavy atom. The van der Waals surface area contributed by atoms with Crippen molar-refractivity contribution in [3.63, 3.8) is 0 Å². The number of hydrogen-bond donors (Lipinski definition) is 1. The largest absolute Gasteiger partial charge is 0.365 e. The van der Waals surface area contributed by atoms with Crippen LogP contribution >= 0.6 is 0 Å². The Morgan fingerprint density at radius 2 is 1.61 bits per heavy atom. The van der Waals surface area contributed by atoms with Gasteiger partial charge in [-0.2, -0.15) is 0 Å². The van der Waals surface area contributed by atoms with Gasteiger partial charge in [0.25, 0.3) is 5.91 Å². The summed E-state index contributed by atoms with van der Waals surface area (Å²) >= 11 is 0. The summed E-state index contributed by atoms with van der Waals surface area (Å²) in [5.41, 5.74) is 3.25. The molecule has 156 valence electrons. The molecule has 2 atom stereocenters. The zero-order valence-electron chi connectivity index (χ0n) is 17.2. The molecule has 0 aliphatic carbocycles. The van der Waals surface area contributed by atoms with Gasteiger partial charge in [0.05, 0.1) is 12.1 Å². The highest BCUT2D eigenvalue weighted by Gasteiger charge is 2.54. The molecule has 5 heteroatoms. The lowest BCUT2D eigenvalue weighted by atomic mass is 9.86. The van der Waals surface area contributed by atoms with Crippen molar-refractivity contribution in [3.05, 3.63) is 107 Å². The molecule has 5 nitrogen and oxygen atoms in total. The summed E-state index contributed by atoms with van der Waals surface area (Å²) in [6.07, 6.45) is -0.149. The van der Waals surface area contributed by atoms with E-state index >= 15 is 0 Å². The first kappa shape index (κ1) is 19.5. The van der Waals surface area contributed by atoms with E-state index in [-0.39, 0.29) is 11.8 Å². The van der Waals surface area contributed by atoms with Crippen molar-refractivity contribution in [3.8, 4) is 0 Å². The second kappa shape index (κ2) is 8.00. The fourth-order valence-electron chi connectivity index (χ4n) is 4.69. The molecule has 1 spiro atoms. The van der Waals surface area contributed by atoms with Crippen LogP contribution in [-0.4, -0.2) is 29.4 Å². The summed E-state index contributed by atoms with van der Waals surface area (Å²) in [4.78, 5) is 28.2. The first-order chi connectivity index (χ1) is 15.2. The second-order valence-corrected chi connectivity index (χ2v) is 8.15. The molecule has 2 aliphatic rings. The first-order valence-electron chi connectivity index (χ1n) is 10.6. The van der Waals surface area contributed by atoms with Crippen molar-refractivity contribution in [2.75, 3.05) is 6.61 Å². The van der Waals surface area contributed by atoms with Crippen LogP contribution in [0.5, 0.6) is 0 Å². The number of nitrogens with zero attached hydrogens (tertiary/aromatic N) is 1. The van der Waals surface area contributed by atoms with Gasteiger partial charge in [0, 0.05) is 25.1 Å². The third kappa shape index (κ3) is 3.51. The summed E-state index contributed by atoms with van der Waals surface area (Å²) in [5, 5.41) is 2.98. The Bertz CT molecular complexity index is 1100. The van der Waals surface area contributed by atoms with Crippen LogP contribution in [0.2, 0.25) is 0 Å². The molecular formula is C26H24N2O3. The highest BCUT2D eigenvalue weighted by Crippen LogP contribution is 2.47. The molecule has 0 unspecified atom stereocenters. The van der Waals surface area contributed by atoms with Crippen molar-refractivity contribution in [1.29, 1.82) is 0 Å². The smallest absolute Gasteiger partial charge is 0.254 e. The van der Waals surface area contributed by atoms with Crippen LogP contribution in [-0.2, 0) is 28.2 Å². The molecule has 0 radical (unpaired) electrons. The standard InChI is InChI=1S/C26H24N2O3/c29-24(27-16-19-9-3-1-4-10-19)23-15-26(18-31-23)22-14-8-7-13-21(22)17-28(26)25(30)20-11-5-2-6-12-20/h1-14,23H,15-18H2,(H,27,29)/t23-,26+/m0/s1. The van der Waals surface area contributed by atoms with Crippen molar-refractivity contribution >= 4 is 11.8 Å². The van der Waals surface area contributed by atoms with Crippen LogP contribution in [0.3, 0.4) is 0 Å². The molecule has 0 aromatic heterocycles. The molecule has 5 rings (SSSR count). The SMILES string of the molecule is O=C(NCc1ccccc1)[C@@H]1C[C@@]2(CO1)c1ccccc1CN2C(=O)c1ccccc1. The Hall–Kier alpha value is -3.44. The fourth-order valence-corrected chi connectivity index (χ4v) is 4.69. The van der Waals surface area contributed by atoms with Gasteiger partial charge in [-0.05, 0) is 28.8 Å². The predicted octanol–water partition coefficient (Wildman–Crippen LogP) is 3.64. The molecule has 1 fully saturated rings. The van der Waals surface area contributed by atoms with Gasteiger partial charge in [-0.3, -0.25) is 9.59 Å². The zero-order chi connectivity index (χ0) is 21.3. The minimum absolute atomic E-state index is 0.0363. The van der Waals surface area contributed by atoms with E-state index < -0.39 is 11.6 Å². The average Bonchev–Trinajstić information content (AvgIpc) is 3.41. The number of amides is 2. The number of fused-ring (bicyclic) bond motifs is 2. The van der Waals surface area contributed by atoms with Gasteiger partial charge in [0.1, 0.15) is 6.10 Å². The van der Waals surface area contributed by atoms with Crippen LogP contribution in [0.4, 0.5) is 0 Å². The van der Waals surface area contributed by atoms with Crippen LogP contribution in [0.15, 0.2) is 84.9 Å². The number of carbonyl (C=O) groups is 2. The third-order valence-corrected chi connectivity index (χ3v) is 6.28. The Labute approximate surface area is 181 Å². The van der Waals surface area contributed by atoms with Crippen LogP contribution in [0.25, 0.3) is 0 Å². The number of carbonyl (C=O) groups excluding carboxylic acids is 2. The molecule has 2 aliphatic heterocycles. The van der Waals surface area contributed by atoms with Gasteiger partial charge in [0.2, 0.25) is 5.91 Å². The second-order valence-electron chi connectivity index (χ2n) is 8.15. The summed E-state index contributed by atoms with van der Waals surface area (Å²) < 4.78 is 6.01. The molecule has 31 heavy (non-hydrogen) atoms. The number of ether oxygens (including phenoxy) is 1. The topological polar surface area (TPSA) is 58.6 Å². The zero-order valence-corrected chi connectivity index (χ0v) is 17.2. The maximum atomic E-state index is 13.4. The van der Waals surface area contributed by atoms with E-state index in [2.05, 4.69) is 17.4 Å². The summed E-state index contributed by atoms with van der Waals surface area (Å²) in [7, 11) is 0. The molecule has 3 aromatic rings. The Morgan fingerprint density at radius 3 is 2.39 bits per heavy atom. The van der Waals surface area contributed by atoms with Crippen molar-refractivity contribution in [1.82, 2.24) is 10.2 Å². The van der Waals surface area contributed by atoms with Crippen LogP contribution in [0, 0.1) is 0 Å². The number of rotatable bonds is 4. The van der Waals surface area contributed by atoms with E-state index in [9.17, 15) is 9.59 Å². The fraction of sp³-hybridized carbons (Fsp3) is 0.231. The van der Waals surface area contributed by atoms with E-state index in [0.29, 0.717) is 31.7 Å². The van der Waals surface area contributed by atoms with Gasteiger partial charge in [-0.25, -0.2) is 0 Å². The van der Waals surface area contributed by atoms with Crippen LogP contribution < -0.4 is 5.32 Å². The molecule has 0 saturated carbocycles. The van der Waals surface area contributed by atoms with Gasteiger partial charge >= 0.3 is 0 Å². The molecule has 1 saturated heterocycles. The van der Waals surface area contributed by atoms with Crippen molar-refractivity contribution in [2.24, 2.45) is 0 Å². The van der Waals surface area contributed by atoms with E-state index in [4.69, 9.17) is 4.74 Å². The summed E-state index contributed by atoms with van der Waals surface area (Å²) in [6.45, 7) is 1.29. The van der Waals surface area contributed by atoms with Gasteiger partial charge in [0.15, 0.2) is 0 Å². The lowest BCUT2D eigenvalue weighted by Gasteiger charge is -2.34. The highest BCUT2D eigenvalue weighted by atomic mass is 16.5. The Kier molecular flexibility index (Phi) is 5.04. The minimum Gasteiger partial charge on any atom is -0.365 e. The quantitative estimate of drug-likeness (QED) is 0.712. The monoisotopic (exact) mass is 412 g/mol. The van der Waals surface area contributed by atoms with E-state index in [1.54, 1.807) is 0 Å². The van der Waals surface area contributed by atoms with Gasteiger partial charge < -0.3 is 15.0 Å². The summed E-state index contributed by atoms with van der Waals surface area (Å²) in [6, 6.07) is 27.2. The van der Waals surface area contributed by atoms with Crippen molar-refractivity contribution in [2.45, 2.75) is 31.2 Å². The third-order valence-electron chi connectivity index (χ3n) is 6.28. The Balaban J connectivity index is 1.39. The maximum absolute atomic E-state index is 13.4. The number of nitrogens with one attached hydrogen (secondary N) is 1. The minimum atomic E-state index is -0.627. The highest BCUT2D eigenvalue weighted by molar-refractivity contribution is 5.95. The van der Waals surface area contributed by atoms with E-state index in [0.717, 1.165) is 16.7 Å². The summed E-state index contributed by atoms with van der Waals surface area (Å²) in [5.74, 6) is -0.178. The van der Waals surface area contributed by atoms with Crippen molar-refractivity contribution < 1.29 is 14.3 Å². The number of hydrogen-bond acceptors (Lipinski definition) is 3. The molecular weight excluding hydrogens is 388 g/mol. The molecule has 1 N–H and O–H groups in total. The lowest BCUT2D eigenvalue weighted by molar-refractivity contribution is -0.130. The predicted molar refractivity (Wildman–Crippen MR) is 117 cm³/mol. The normalized spacial score (nSPS) is 21.8. The molecule has 3 aromatic carbocycles. The average molecular weight is 412 g/mol. The van der Waals surface area contributed by atoms with E-state index in [1.165, 1.54) is 0 Å². The lowest BCUT2D eigenvalue weighted by Crippen LogP contribution is -2.46. The van der Waals surface area contributed by atoms with Gasteiger partial charge in [-0.1, -0.05) is 72.8 Å².